The average Bonchev–Trinajstić information content (AvgIpc) is 3.04. The third-order valence-corrected chi connectivity index (χ3v) is 5.67. The van der Waals surface area contributed by atoms with Crippen LogP contribution in [0.2, 0.25) is 0 Å². The quantitative estimate of drug-likeness (QED) is 0.747. The minimum atomic E-state index is -3.74. The van der Waals surface area contributed by atoms with Crippen LogP contribution in [0.1, 0.15) is 43.0 Å². The van der Waals surface area contributed by atoms with Gasteiger partial charge in [0.1, 0.15) is 4.90 Å². The first kappa shape index (κ1) is 18.6. The number of aromatic nitrogens is 4. The van der Waals surface area contributed by atoms with Gasteiger partial charge in [0.15, 0.2) is 5.82 Å². The van der Waals surface area contributed by atoms with E-state index in [1.165, 1.54) is 0 Å². The number of hydrogen-bond acceptors (Lipinski definition) is 7. The Kier molecular flexibility index (Phi) is 5.41. The fourth-order valence-electron chi connectivity index (χ4n) is 2.39. The number of nitrogens with one attached hydrogen (secondary N) is 2. The van der Waals surface area contributed by atoms with Crippen molar-refractivity contribution in [3.05, 3.63) is 23.1 Å². The fourth-order valence-corrected chi connectivity index (χ4v) is 4.02. The molecule has 134 valence electrons. The molecule has 2 heterocycles. The SMILES string of the molecule is CNC(C)Cc1noc(C(C)NS(=O)(=O)c2c(C)nn(C)c2C)n1. The molecule has 2 N–H and O–H groups in total. The fraction of sp³-hybridized carbons (Fsp3) is 0.643. The van der Waals surface area contributed by atoms with Crippen LogP contribution in [0.4, 0.5) is 0 Å². The highest BCUT2D eigenvalue weighted by molar-refractivity contribution is 7.89. The molecule has 0 saturated heterocycles. The third kappa shape index (κ3) is 3.82. The first-order valence-electron chi connectivity index (χ1n) is 7.68. The van der Waals surface area contributed by atoms with E-state index in [9.17, 15) is 8.42 Å². The zero-order chi connectivity index (χ0) is 18.1. The van der Waals surface area contributed by atoms with E-state index in [4.69, 9.17) is 4.52 Å². The molecule has 0 bridgehead atoms. The van der Waals surface area contributed by atoms with Gasteiger partial charge in [0.2, 0.25) is 15.9 Å². The molecule has 9 nitrogen and oxygen atoms in total. The van der Waals surface area contributed by atoms with Crippen molar-refractivity contribution in [3.63, 3.8) is 0 Å². The minimum Gasteiger partial charge on any atom is -0.338 e. The lowest BCUT2D eigenvalue weighted by atomic mass is 10.2. The van der Waals surface area contributed by atoms with E-state index in [1.54, 1.807) is 32.5 Å². The van der Waals surface area contributed by atoms with E-state index in [-0.39, 0.29) is 16.8 Å². The molecule has 10 heteroatoms. The van der Waals surface area contributed by atoms with Gasteiger partial charge in [-0.1, -0.05) is 5.16 Å². The van der Waals surface area contributed by atoms with Gasteiger partial charge in [-0.3, -0.25) is 4.68 Å². The van der Waals surface area contributed by atoms with Crippen molar-refractivity contribution >= 4 is 10.0 Å². The van der Waals surface area contributed by atoms with Gasteiger partial charge in [-0.15, -0.1) is 0 Å². The van der Waals surface area contributed by atoms with Gasteiger partial charge in [0.05, 0.1) is 17.4 Å². The van der Waals surface area contributed by atoms with Crippen LogP contribution < -0.4 is 10.0 Å². The summed E-state index contributed by atoms with van der Waals surface area (Å²) in [6.45, 7) is 7.03. The van der Waals surface area contributed by atoms with Crippen molar-refractivity contribution in [3.8, 4) is 0 Å². The van der Waals surface area contributed by atoms with Gasteiger partial charge in [0.25, 0.3) is 0 Å². The van der Waals surface area contributed by atoms with Crippen LogP contribution in [0.5, 0.6) is 0 Å². The Balaban J connectivity index is 2.18. The maximum atomic E-state index is 12.6. The van der Waals surface area contributed by atoms with Crippen LogP contribution >= 0.6 is 0 Å². The molecule has 0 saturated carbocycles. The Morgan fingerprint density at radius 2 is 1.96 bits per heavy atom. The summed E-state index contributed by atoms with van der Waals surface area (Å²) in [5.74, 6) is 0.766. The molecule has 0 aliphatic rings. The number of hydrogen-bond donors (Lipinski definition) is 2. The molecule has 0 amide bonds. The molecule has 2 aromatic heterocycles. The molecule has 0 aromatic carbocycles. The van der Waals surface area contributed by atoms with E-state index in [1.807, 2.05) is 14.0 Å². The molecule has 0 radical (unpaired) electrons. The summed E-state index contributed by atoms with van der Waals surface area (Å²) in [5, 5.41) is 11.1. The largest absolute Gasteiger partial charge is 0.338 e. The lowest BCUT2D eigenvalue weighted by molar-refractivity contribution is 0.348. The Morgan fingerprint density at radius 3 is 2.50 bits per heavy atom. The number of aryl methyl sites for hydroxylation is 2. The van der Waals surface area contributed by atoms with E-state index in [2.05, 4.69) is 25.3 Å². The van der Waals surface area contributed by atoms with Gasteiger partial charge < -0.3 is 9.84 Å². The molecule has 0 aliphatic carbocycles. The van der Waals surface area contributed by atoms with E-state index < -0.39 is 16.1 Å². The van der Waals surface area contributed by atoms with Crippen LogP contribution in [0.3, 0.4) is 0 Å². The minimum absolute atomic E-state index is 0.181. The van der Waals surface area contributed by atoms with Gasteiger partial charge >= 0.3 is 0 Å². The highest BCUT2D eigenvalue weighted by atomic mass is 32.2. The summed E-state index contributed by atoms with van der Waals surface area (Å²) < 4.78 is 34.6. The van der Waals surface area contributed by atoms with Gasteiger partial charge in [-0.05, 0) is 34.7 Å². The summed E-state index contributed by atoms with van der Waals surface area (Å²) in [5.41, 5.74) is 1.02. The molecule has 0 spiro atoms. The predicted octanol–water partition coefficient (Wildman–Crippen LogP) is 0.610. The molecular formula is C14H24N6O3S. The second-order valence-corrected chi connectivity index (χ2v) is 7.56. The maximum absolute atomic E-state index is 12.6. The van der Waals surface area contributed by atoms with Gasteiger partial charge in [-0.2, -0.15) is 14.8 Å². The summed E-state index contributed by atoms with van der Waals surface area (Å²) in [6.07, 6.45) is 0.598. The molecule has 2 unspecified atom stereocenters. The topological polar surface area (TPSA) is 115 Å². The van der Waals surface area contributed by atoms with E-state index in [0.717, 1.165) is 0 Å². The molecule has 2 aromatic rings. The first-order chi connectivity index (χ1) is 11.2. The van der Waals surface area contributed by atoms with Crippen LogP contribution in [0.15, 0.2) is 9.42 Å². The number of nitrogens with zero attached hydrogens (tertiary/aromatic N) is 4. The predicted molar refractivity (Wildman–Crippen MR) is 87.9 cm³/mol. The summed E-state index contributed by atoms with van der Waals surface area (Å²) in [6, 6.07) is -0.441. The molecule has 0 fully saturated rings. The van der Waals surface area contributed by atoms with Crippen molar-refractivity contribution in [1.29, 1.82) is 0 Å². The monoisotopic (exact) mass is 356 g/mol. The van der Waals surface area contributed by atoms with E-state index >= 15 is 0 Å². The van der Waals surface area contributed by atoms with Crippen LogP contribution in [0.25, 0.3) is 0 Å². The summed E-state index contributed by atoms with van der Waals surface area (Å²) in [7, 11) is -0.186. The Hall–Kier alpha value is -1.78. The number of sulfonamides is 1. The highest BCUT2D eigenvalue weighted by Gasteiger charge is 2.27. The summed E-state index contributed by atoms with van der Waals surface area (Å²) >= 11 is 0. The highest BCUT2D eigenvalue weighted by Crippen LogP contribution is 2.21. The van der Waals surface area contributed by atoms with Crippen LogP contribution in [0, 0.1) is 13.8 Å². The van der Waals surface area contributed by atoms with Crippen molar-refractivity contribution < 1.29 is 12.9 Å². The van der Waals surface area contributed by atoms with Crippen molar-refractivity contribution in [2.24, 2.45) is 7.05 Å². The normalized spacial score (nSPS) is 14.8. The van der Waals surface area contributed by atoms with Gasteiger partial charge in [0, 0.05) is 19.5 Å². The van der Waals surface area contributed by atoms with Gasteiger partial charge in [-0.25, -0.2) is 8.42 Å². The van der Waals surface area contributed by atoms with Crippen LogP contribution in [-0.4, -0.2) is 41.4 Å². The standard InChI is InChI=1S/C14H24N6O3S/c1-8(15-5)7-12-16-14(23-18-12)10(3)19-24(21,22)13-9(2)17-20(6)11(13)4/h8,10,15,19H,7H2,1-6H3. The third-order valence-electron chi connectivity index (χ3n) is 3.88. The lowest BCUT2D eigenvalue weighted by Crippen LogP contribution is -2.28. The molecule has 2 rings (SSSR count). The first-order valence-corrected chi connectivity index (χ1v) is 9.16. The van der Waals surface area contributed by atoms with Crippen molar-refractivity contribution in [2.75, 3.05) is 7.05 Å². The molecule has 0 aliphatic heterocycles. The summed E-state index contributed by atoms with van der Waals surface area (Å²) in [4.78, 5) is 4.44. The second kappa shape index (κ2) is 6.99. The Bertz CT molecular complexity index is 811. The Labute approximate surface area is 141 Å². The number of rotatable bonds is 7. The van der Waals surface area contributed by atoms with Crippen molar-refractivity contribution in [2.45, 2.75) is 51.1 Å². The zero-order valence-corrected chi connectivity index (χ0v) is 15.6. The second-order valence-electron chi connectivity index (χ2n) is 5.91. The van der Waals surface area contributed by atoms with Crippen molar-refractivity contribution in [1.82, 2.24) is 30.0 Å². The maximum Gasteiger partial charge on any atom is 0.244 e. The molecule has 2 atom stereocenters. The van der Waals surface area contributed by atoms with Crippen LogP contribution in [-0.2, 0) is 23.5 Å². The Morgan fingerprint density at radius 1 is 1.29 bits per heavy atom. The molecule has 24 heavy (non-hydrogen) atoms. The molecular weight excluding hydrogens is 332 g/mol. The lowest BCUT2D eigenvalue weighted by Gasteiger charge is -2.11. The van der Waals surface area contributed by atoms with E-state index in [0.29, 0.717) is 23.6 Å². The smallest absolute Gasteiger partial charge is 0.244 e. The zero-order valence-electron chi connectivity index (χ0n) is 14.8. The number of likely N-dealkylation sites (N-methyl/N-ethyl adjacent to an activating group) is 1. The average molecular weight is 356 g/mol.